The monoisotopic (exact) mass is 286 g/mol. The highest BCUT2D eigenvalue weighted by Crippen LogP contribution is 2.27. The van der Waals surface area contributed by atoms with E-state index in [0.29, 0.717) is 6.61 Å². The summed E-state index contributed by atoms with van der Waals surface area (Å²) in [6, 6.07) is 13.2. The molecule has 2 N–H and O–H groups in total. The van der Waals surface area contributed by atoms with E-state index in [1.807, 2.05) is 56.3 Å². The maximum absolute atomic E-state index is 6.20. The Bertz CT molecular complexity index is 545. The number of pyridine rings is 1. The second kappa shape index (κ2) is 7.64. The molecule has 2 atom stereocenters. The molecule has 0 aliphatic rings. The molecular formula is C17H22N2O2. The Kier molecular flexibility index (Phi) is 5.58. The van der Waals surface area contributed by atoms with Gasteiger partial charge in [-0.05, 0) is 37.6 Å². The molecule has 0 saturated heterocycles. The Hall–Kier alpha value is -2.07. The van der Waals surface area contributed by atoms with Gasteiger partial charge in [0.25, 0.3) is 0 Å². The van der Waals surface area contributed by atoms with Crippen molar-refractivity contribution < 1.29 is 9.47 Å². The van der Waals surface area contributed by atoms with Crippen LogP contribution in [0.1, 0.15) is 32.1 Å². The SMILES string of the molecule is CCOc1cccc(OC(c2ccccn2)C(N)CC)c1. The fourth-order valence-corrected chi connectivity index (χ4v) is 2.08. The molecule has 21 heavy (non-hydrogen) atoms. The Balaban J connectivity index is 2.21. The van der Waals surface area contributed by atoms with Crippen LogP contribution in [0.5, 0.6) is 11.5 Å². The van der Waals surface area contributed by atoms with Crippen molar-refractivity contribution in [3.63, 3.8) is 0 Å². The first-order valence-electron chi connectivity index (χ1n) is 7.30. The van der Waals surface area contributed by atoms with E-state index in [-0.39, 0.29) is 12.1 Å². The normalized spacial score (nSPS) is 13.5. The number of rotatable bonds is 7. The van der Waals surface area contributed by atoms with Gasteiger partial charge < -0.3 is 15.2 Å². The van der Waals surface area contributed by atoms with Crippen molar-refractivity contribution in [3.05, 3.63) is 54.4 Å². The Morgan fingerprint density at radius 1 is 1.10 bits per heavy atom. The molecule has 1 aromatic carbocycles. The summed E-state index contributed by atoms with van der Waals surface area (Å²) < 4.78 is 11.6. The molecule has 0 aliphatic carbocycles. The van der Waals surface area contributed by atoms with Crippen molar-refractivity contribution in [2.24, 2.45) is 5.73 Å². The van der Waals surface area contributed by atoms with Gasteiger partial charge in [0.15, 0.2) is 6.10 Å². The molecule has 112 valence electrons. The molecule has 2 unspecified atom stereocenters. The van der Waals surface area contributed by atoms with Crippen molar-refractivity contribution in [2.45, 2.75) is 32.4 Å². The summed E-state index contributed by atoms with van der Waals surface area (Å²) in [5, 5.41) is 0. The third-order valence-corrected chi connectivity index (χ3v) is 3.22. The van der Waals surface area contributed by atoms with E-state index in [9.17, 15) is 0 Å². The zero-order chi connectivity index (χ0) is 15.1. The van der Waals surface area contributed by atoms with Crippen LogP contribution in [0.15, 0.2) is 48.7 Å². The molecule has 1 heterocycles. The predicted molar refractivity (Wildman–Crippen MR) is 83.5 cm³/mol. The average molecular weight is 286 g/mol. The second-order valence-corrected chi connectivity index (χ2v) is 4.77. The molecule has 1 aromatic heterocycles. The van der Waals surface area contributed by atoms with Gasteiger partial charge in [-0.15, -0.1) is 0 Å². The minimum Gasteiger partial charge on any atom is -0.494 e. The van der Waals surface area contributed by atoms with Gasteiger partial charge in [-0.3, -0.25) is 4.98 Å². The highest BCUT2D eigenvalue weighted by atomic mass is 16.5. The fraction of sp³-hybridized carbons (Fsp3) is 0.353. The standard InChI is InChI=1S/C17H22N2O2/c1-3-15(18)17(16-10-5-6-11-19-16)21-14-9-7-8-13(12-14)20-4-2/h5-12,15,17H,3-4,18H2,1-2H3. The van der Waals surface area contributed by atoms with Crippen molar-refractivity contribution in [1.29, 1.82) is 0 Å². The first-order valence-corrected chi connectivity index (χ1v) is 7.30. The Morgan fingerprint density at radius 3 is 2.57 bits per heavy atom. The van der Waals surface area contributed by atoms with E-state index in [1.165, 1.54) is 0 Å². The Morgan fingerprint density at radius 2 is 1.90 bits per heavy atom. The molecule has 0 fully saturated rings. The topological polar surface area (TPSA) is 57.4 Å². The zero-order valence-corrected chi connectivity index (χ0v) is 12.5. The maximum Gasteiger partial charge on any atom is 0.155 e. The van der Waals surface area contributed by atoms with Crippen LogP contribution in [0.4, 0.5) is 0 Å². The summed E-state index contributed by atoms with van der Waals surface area (Å²) in [5.74, 6) is 1.53. The van der Waals surface area contributed by atoms with Crippen LogP contribution in [0, 0.1) is 0 Å². The summed E-state index contributed by atoms with van der Waals surface area (Å²) in [5.41, 5.74) is 7.04. The summed E-state index contributed by atoms with van der Waals surface area (Å²) >= 11 is 0. The molecule has 4 heteroatoms. The van der Waals surface area contributed by atoms with Crippen molar-refractivity contribution in [1.82, 2.24) is 4.98 Å². The predicted octanol–water partition coefficient (Wildman–Crippen LogP) is 3.34. The van der Waals surface area contributed by atoms with Gasteiger partial charge in [0.05, 0.1) is 12.3 Å². The number of nitrogens with zero attached hydrogens (tertiary/aromatic N) is 1. The van der Waals surface area contributed by atoms with Gasteiger partial charge in [0, 0.05) is 18.3 Å². The molecule has 4 nitrogen and oxygen atoms in total. The van der Waals surface area contributed by atoms with Gasteiger partial charge >= 0.3 is 0 Å². The lowest BCUT2D eigenvalue weighted by atomic mass is 10.1. The average Bonchev–Trinajstić information content (AvgIpc) is 2.53. The van der Waals surface area contributed by atoms with Crippen molar-refractivity contribution in [2.75, 3.05) is 6.61 Å². The molecule has 0 aliphatic heterocycles. The molecule has 0 spiro atoms. The summed E-state index contributed by atoms with van der Waals surface area (Å²) in [6.45, 7) is 4.62. The maximum atomic E-state index is 6.20. The molecular weight excluding hydrogens is 264 g/mol. The van der Waals surface area contributed by atoms with E-state index in [0.717, 1.165) is 23.6 Å². The van der Waals surface area contributed by atoms with Crippen LogP contribution in [-0.4, -0.2) is 17.6 Å². The summed E-state index contributed by atoms with van der Waals surface area (Å²) in [4.78, 5) is 4.37. The van der Waals surface area contributed by atoms with Gasteiger partial charge in [-0.1, -0.05) is 19.1 Å². The quantitative estimate of drug-likeness (QED) is 0.848. The Labute approximate surface area is 125 Å². The number of hydrogen-bond donors (Lipinski definition) is 1. The molecule has 0 saturated carbocycles. The van der Waals surface area contributed by atoms with Gasteiger partial charge in [-0.2, -0.15) is 0 Å². The lowest BCUT2D eigenvalue weighted by Gasteiger charge is -2.24. The molecule has 2 aromatic rings. The lowest BCUT2D eigenvalue weighted by molar-refractivity contribution is 0.166. The van der Waals surface area contributed by atoms with Crippen molar-refractivity contribution >= 4 is 0 Å². The van der Waals surface area contributed by atoms with E-state index in [2.05, 4.69) is 4.98 Å². The molecule has 2 rings (SSSR count). The minimum absolute atomic E-state index is 0.115. The van der Waals surface area contributed by atoms with E-state index in [1.54, 1.807) is 6.20 Å². The van der Waals surface area contributed by atoms with Crippen LogP contribution in [-0.2, 0) is 0 Å². The summed E-state index contributed by atoms with van der Waals surface area (Å²) in [7, 11) is 0. The summed E-state index contributed by atoms with van der Waals surface area (Å²) in [6.07, 6.45) is 2.30. The fourth-order valence-electron chi connectivity index (χ4n) is 2.08. The molecule has 0 amide bonds. The smallest absolute Gasteiger partial charge is 0.155 e. The molecule has 0 radical (unpaired) electrons. The van der Waals surface area contributed by atoms with E-state index < -0.39 is 0 Å². The highest BCUT2D eigenvalue weighted by Gasteiger charge is 2.21. The van der Waals surface area contributed by atoms with Crippen LogP contribution in [0.25, 0.3) is 0 Å². The molecule has 0 bridgehead atoms. The van der Waals surface area contributed by atoms with Crippen LogP contribution < -0.4 is 15.2 Å². The zero-order valence-electron chi connectivity index (χ0n) is 12.5. The first kappa shape index (κ1) is 15.3. The third-order valence-electron chi connectivity index (χ3n) is 3.22. The van der Waals surface area contributed by atoms with E-state index >= 15 is 0 Å². The minimum atomic E-state index is -0.270. The number of aromatic nitrogens is 1. The number of nitrogens with two attached hydrogens (primary N) is 1. The van der Waals surface area contributed by atoms with Crippen molar-refractivity contribution in [3.8, 4) is 11.5 Å². The largest absolute Gasteiger partial charge is 0.494 e. The van der Waals surface area contributed by atoms with Crippen LogP contribution >= 0.6 is 0 Å². The van der Waals surface area contributed by atoms with Gasteiger partial charge in [-0.25, -0.2) is 0 Å². The highest BCUT2D eigenvalue weighted by molar-refractivity contribution is 5.33. The number of hydrogen-bond acceptors (Lipinski definition) is 4. The number of ether oxygens (including phenoxy) is 2. The second-order valence-electron chi connectivity index (χ2n) is 4.77. The van der Waals surface area contributed by atoms with Crippen LogP contribution in [0.2, 0.25) is 0 Å². The van der Waals surface area contributed by atoms with E-state index in [4.69, 9.17) is 15.2 Å². The lowest BCUT2D eigenvalue weighted by Crippen LogP contribution is -2.32. The number of benzene rings is 1. The van der Waals surface area contributed by atoms with Crippen LogP contribution in [0.3, 0.4) is 0 Å². The van der Waals surface area contributed by atoms with Gasteiger partial charge in [0.1, 0.15) is 11.5 Å². The third kappa shape index (κ3) is 4.20. The first-order chi connectivity index (χ1) is 10.2. The van der Waals surface area contributed by atoms with Gasteiger partial charge in [0.2, 0.25) is 0 Å².